The molecule has 0 amide bonds. The van der Waals surface area contributed by atoms with E-state index in [0.717, 1.165) is 0 Å². The largest absolute Gasteiger partial charge is 0.382 e. The molecule has 0 radical (unpaired) electrons. The first-order chi connectivity index (χ1) is 9.69. The van der Waals surface area contributed by atoms with Crippen LogP contribution in [0.25, 0.3) is 0 Å². The molecule has 9 heteroatoms. The molecule has 2 N–H and O–H groups in total. The number of aromatic nitrogens is 2. The van der Waals surface area contributed by atoms with Crippen molar-refractivity contribution in [1.29, 1.82) is 0 Å². The highest BCUT2D eigenvalue weighted by Gasteiger charge is 2.16. The van der Waals surface area contributed by atoms with Gasteiger partial charge in [0.1, 0.15) is 6.20 Å². The van der Waals surface area contributed by atoms with Crippen LogP contribution in [0.4, 0.5) is 17.5 Å². The fourth-order valence-electron chi connectivity index (χ4n) is 1.37. The number of nitrogens with one attached hydrogen (secondary N) is 2. The third-order valence-electron chi connectivity index (χ3n) is 2.27. The summed E-state index contributed by atoms with van der Waals surface area (Å²) < 4.78 is 10.1. The normalized spacial score (nSPS) is 10.3. The number of rotatable bonds is 10. The molecular weight excluding hydrogens is 266 g/mol. The minimum Gasteiger partial charge on any atom is -0.382 e. The van der Waals surface area contributed by atoms with Gasteiger partial charge in [0.15, 0.2) is 0 Å². The number of nitrogens with zero attached hydrogens (tertiary/aromatic N) is 3. The van der Waals surface area contributed by atoms with E-state index < -0.39 is 4.92 Å². The maximum atomic E-state index is 10.9. The van der Waals surface area contributed by atoms with Gasteiger partial charge in [-0.15, -0.1) is 0 Å². The Labute approximate surface area is 116 Å². The third kappa shape index (κ3) is 5.33. The summed E-state index contributed by atoms with van der Waals surface area (Å²) in [5.41, 5.74) is -0.163. The molecule has 0 saturated heterocycles. The Kier molecular flexibility index (Phi) is 7.22. The van der Waals surface area contributed by atoms with Crippen LogP contribution in [-0.2, 0) is 9.47 Å². The van der Waals surface area contributed by atoms with Crippen molar-refractivity contribution in [2.45, 2.75) is 6.92 Å². The Bertz CT molecular complexity index is 429. The van der Waals surface area contributed by atoms with Crippen molar-refractivity contribution in [3.8, 4) is 0 Å². The smallest absolute Gasteiger partial charge is 0.329 e. The molecule has 0 fully saturated rings. The van der Waals surface area contributed by atoms with E-state index in [1.807, 2.05) is 6.92 Å². The second kappa shape index (κ2) is 8.99. The lowest BCUT2D eigenvalue weighted by atomic mass is 10.4. The minimum absolute atomic E-state index is 0.163. The summed E-state index contributed by atoms with van der Waals surface area (Å²) in [5.74, 6) is 0.525. The van der Waals surface area contributed by atoms with E-state index in [0.29, 0.717) is 38.9 Å². The van der Waals surface area contributed by atoms with E-state index in [1.165, 1.54) is 6.20 Å². The number of nitro groups is 1. The van der Waals surface area contributed by atoms with Gasteiger partial charge in [0.25, 0.3) is 0 Å². The first kappa shape index (κ1) is 16.1. The molecule has 1 aromatic rings. The zero-order valence-electron chi connectivity index (χ0n) is 11.6. The van der Waals surface area contributed by atoms with Crippen LogP contribution in [0.5, 0.6) is 0 Å². The van der Waals surface area contributed by atoms with Gasteiger partial charge in [-0.05, 0) is 6.92 Å². The fourth-order valence-corrected chi connectivity index (χ4v) is 1.37. The molecule has 1 aromatic heterocycles. The summed E-state index contributed by atoms with van der Waals surface area (Å²) in [7, 11) is 1.59. The number of ether oxygens (including phenoxy) is 2. The molecule has 1 heterocycles. The van der Waals surface area contributed by atoms with Gasteiger partial charge in [-0.3, -0.25) is 10.1 Å². The van der Waals surface area contributed by atoms with Gasteiger partial charge in [-0.25, -0.2) is 4.98 Å². The average Bonchev–Trinajstić information content (AvgIpc) is 2.43. The molecule has 20 heavy (non-hydrogen) atoms. The van der Waals surface area contributed by atoms with Gasteiger partial charge in [0, 0.05) is 20.2 Å². The maximum absolute atomic E-state index is 10.9. The second-order valence-corrected chi connectivity index (χ2v) is 3.75. The van der Waals surface area contributed by atoms with Crippen LogP contribution in [0.2, 0.25) is 0 Å². The standard InChI is InChI=1S/C11H19N5O4/c1-3-12-11-14-8-9(16(17)18)10(15-11)13-4-5-20-7-6-19-2/h8H,3-7H2,1-2H3,(H2,12,13,14,15). The first-order valence-electron chi connectivity index (χ1n) is 6.24. The summed E-state index contributed by atoms with van der Waals surface area (Å²) in [4.78, 5) is 18.3. The molecule has 112 valence electrons. The molecule has 0 unspecified atom stereocenters. The van der Waals surface area contributed by atoms with E-state index in [2.05, 4.69) is 20.6 Å². The number of methoxy groups -OCH3 is 1. The summed E-state index contributed by atoms with van der Waals surface area (Å²) >= 11 is 0. The molecule has 0 aromatic carbocycles. The topological polar surface area (TPSA) is 111 Å². The Morgan fingerprint density at radius 3 is 2.80 bits per heavy atom. The lowest BCUT2D eigenvalue weighted by molar-refractivity contribution is -0.384. The fraction of sp³-hybridized carbons (Fsp3) is 0.636. The van der Waals surface area contributed by atoms with Gasteiger partial charge in [0.05, 0.1) is 24.7 Å². The van der Waals surface area contributed by atoms with Crippen molar-refractivity contribution in [3.05, 3.63) is 16.3 Å². The second-order valence-electron chi connectivity index (χ2n) is 3.75. The van der Waals surface area contributed by atoms with E-state index in [-0.39, 0.29) is 11.5 Å². The molecule has 0 aliphatic carbocycles. The van der Waals surface area contributed by atoms with Crippen molar-refractivity contribution in [1.82, 2.24) is 9.97 Å². The third-order valence-corrected chi connectivity index (χ3v) is 2.27. The van der Waals surface area contributed by atoms with Crippen molar-refractivity contribution in [2.75, 3.05) is 50.7 Å². The van der Waals surface area contributed by atoms with Gasteiger partial charge in [-0.1, -0.05) is 0 Å². The highest BCUT2D eigenvalue weighted by atomic mass is 16.6. The zero-order chi connectivity index (χ0) is 14.8. The van der Waals surface area contributed by atoms with Crippen LogP contribution in [0.1, 0.15) is 6.92 Å². The molecule has 0 aliphatic heterocycles. The van der Waals surface area contributed by atoms with Crippen molar-refractivity contribution in [2.24, 2.45) is 0 Å². The van der Waals surface area contributed by atoms with Gasteiger partial charge < -0.3 is 20.1 Å². The molecule has 9 nitrogen and oxygen atoms in total. The lowest BCUT2D eigenvalue weighted by Crippen LogP contribution is -2.14. The van der Waals surface area contributed by atoms with Gasteiger partial charge >= 0.3 is 5.69 Å². The highest BCUT2D eigenvalue weighted by Crippen LogP contribution is 2.21. The highest BCUT2D eigenvalue weighted by molar-refractivity contribution is 5.56. The van der Waals surface area contributed by atoms with Gasteiger partial charge in [0.2, 0.25) is 11.8 Å². The van der Waals surface area contributed by atoms with Crippen LogP contribution >= 0.6 is 0 Å². The lowest BCUT2D eigenvalue weighted by Gasteiger charge is -2.08. The van der Waals surface area contributed by atoms with Crippen LogP contribution in [-0.4, -0.2) is 54.9 Å². The number of hydrogen-bond donors (Lipinski definition) is 2. The minimum atomic E-state index is -0.524. The van der Waals surface area contributed by atoms with Crippen LogP contribution < -0.4 is 10.6 Å². The Morgan fingerprint density at radius 2 is 2.15 bits per heavy atom. The SMILES string of the molecule is CCNc1ncc([N+](=O)[O-])c(NCCOCCOC)n1. The van der Waals surface area contributed by atoms with E-state index in [1.54, 1.807) is 7.11 Å². The molecule has 0 atom stereocenters. The first-order valence-corrected chi connectivity index (χ1v) is 6.24. The molecule has 0 bridgehead atoms. The summed E-state index contributed by atoms with van der Waals surface area (Å²) in [5, 5.41) is 16.7. The summed E-state index contributed by atoms with van der Waals surface area (Å²) in [6.07, 6.45) is 1.18. The van der Waals surface area contributed by atoms with Crippen molar-refractivity contribution >= 4 is 17.5 Å². The summed E-state index contributed by atoms with van der Waals surface area (Å²) in [6.45, 7) is 4.33. The maximum Gasteiger partial charge on any atom is 0.329 e. The van der Waals surface area contributed by atoms with E-state index in [9.17, 15) is 10.1 Å². The quantitative estimate of drug-likeness (QED) is 0.370. The van der Waals surface area contributed by atoms with Gasteiger partial charge in [-0.2, -0.15) is 4.98 Å². The van der Waals surface area contributed by atoms with E-state index >= 15 is 0 Å². The van der Waals surface area contributed by atoms with Crippen molar-refractivity contribution in [3.63, 3.8) is 0 Å². The molecule has 0 aliphatic rings. The van der Waals surface area contributed by atoms with Crippen LogP contribution in [0.15, 0.2) is 6.20 Å². The summed E-state index contributed by atoms with van der Waals surface area (Å²) in [6, 6.07) is 0. The zero-order valence-corrected chi connectivity index (χ0v) is 11.6. The van der Waals surface area contributed by atoms with Crippen molar-refractivity contribution < 1.29 is 14.4 Å². The molecule has 0 spiro atoms. The Balaban J connectivity index is 2.56. The predicted octanol–water partition coefficient (Wildman–Crippen LogP) is 0.891. The molecule has 1 rings (SSSR count). The predicted molar refractivity (Wildman–Crippen MR) is 74.0 cm³/mol. The van der Waals surface area contributed by atoms with E-state index in [4.69, 9.17) is 9.47 Å². The molecule has 0 saturated carbocycles. The number of anilines is 2. The van der Waals surface area contributed by atoms with Crippen LogP contribution in [0, 0.1) is 10.1 Å². The average molecular weight is 285 g/mol. The number of hydrogen-bond acceptors (Lipinski definition) is 8. The monoisotopic (exact) mass is 285 g/mol. The molecular formula is C11H19N5O4. The Hall–Kier alpha value is -2.00. The Morgan fingerprint density at radius 1 is 1.35 bits per heavy atom. The van der Waals surface area contributed by atoms with Crippen LogP contribution in [0.3, 0.4) is 0 Å².